The molecule has 0 unspecified atom stereocenters. The molecule has 0 saturated carbocycles. The summed E-state index contributed by atoms with van der Waals surface area (Å²) in [5, 5.41) is 4.16. The highest BCUT2D eigenvalue weighted by Crippen LogP contribution is 2.10. The highest BCUT2D eigenvalue weighted by Gasteiger charge is 2.18. The zero-order valence-corrected chi connectivity index (χ0v) is 8.14. The lowest BCUT2D eigenvalue weighted by Crippen LogP contribution is -2.37. The Labute approximate surface area is 82.3 Å². The summed E-state index contributed by atoms with van der Waals surface area (Å²) in [5.41, 5.74) is 1.15. The van der Waals surface area contributed by atoms with E-state index in [1.54, 1.807) is 6.20 Å². The summed E-state index contributed by atoms with van der Waals surface area (Å²) in [5.74, 6) is -0.182. The van der Waals surface area contributed by atoms with Gasteiger partial charge >= 0.3 is 5.97 Å². The van der Waals surface area contributed by atoms with Gasteiger partial charge in [-0.05, 0) is 6.07 Å². The summed E-state index contributed by atoms with van der Waals surface area (Å²) in [7, 11) is 1.41. The lowest BCUT2D eigenvalue weighted by molar-refractivity contribution is -0.142. The van der Waals surface area contributed by atoms with Gasteiger partial charge in [-0.25, -0.2) is 0 Å². The van der Waals surface area contributed by atoms with Crippen molar-refractivity contribution < 1.29 is 9.53 Å². The first kappa shape index (κ1) is 9.21. The third-order valence-electron chi connectivity index (χ3n) is 2.40. The van der Waals surface area contributed by atoms with E-state index in [0.29, 0.717) is 6.54 Å². The van der Waals surface area contributed by atoms with Crippen LogP contribution in [0, 0.1) is 0 Å². The Kier molecular flexibility index (Phi) is 2.49. The fourth-order valence-corrected chi connectivity index (χ4v) is 1.62. The van der Waals surface area contributed by atoms with E-state index in [0.717, 1.165) is 25.3 Å². The average molecular weight is 195 g/mol. The molecule has 0 atom stereocenters. The smallest absolute Gasteiger partial charge is 0.319 e. The second-order valence-corrected chi connectivity index (χ2v) is 3.33. The van der Waals surface area contributed by atoms with Gasteiger partial charge in [0.1, 0.15) is 0 Å². The Morgan fingerprint density at radius 3 is 3.29 bits per heavy atom. The Hall–Kier alpha value is -1.36. The Morgan fingerprint density at radius 2 is 2.50 bits per heavy atom. The van der Waals surface area contributed by atoms with Crippen LogP contribution in [-0.2, 0) is 22.6 Å². The first-order chi connectivity index (χ1) is 6.79. The van der Waals surface area contributed by atoms with E-state index in [4.69, 9.17) is 0 Å². The summed E-state index contributed by atoms with van der Waals surface area (Å²) in [6.45, 7) is 2.83. The molecule has 1 aromatic heterocycles. The monoisotopic (exact) mass is 195 g/mol. The van der Waals surface area contributed by atoms with Crippen molar-refractivity contribution in [1.29, 1.82) is 0 Å². The van der Waals surface area contributed by atoms with Crippen LogP contribution in [0.2, 0.25) is 0 Å². The van der Waals surface area contributed by atoms with Crippen molar-refractivity contribution in [2.45, 2.75) is 13.1 Å². The Balaban J connectivity index is 1.97. The molecule has 0 amide bonds. The van der Waals surface area contributed by atoms with Crippen molar-refractivity contribution in [2.24, 2.45) is 0 Å². The molecule has 2 rings (SSSR count). The first-order valence-corrected chi connectivity index (χ1v) is 4.59. The van der Waals surface area contributed by atoms with Gasteiger partial charge in [-0.15, -0.1) is 0 Å². The third kappa shape index (κ3) is 1.77. The topological polar surface area (TPSA) is 47.4 Å². The van der Waals surface area contributed by atoms with Crippen molar-refractivity contribution in [2.75, 3.05) is 20.2 Å². The van der Waals surface area contributed by atoms with Crippen LogP contribution in [0.25, 0.3) is 0 Å². The number of esters is 1. The molecule has 0 spiro atoms. The maximum absolute atomic E-state index is 11.0. The molecule has 1 aromatic rings. The minimum Gasteiger partial charge on any atom is -0.468 e. The van der Waals surface area contributed by atoms with Crippen LogP contribution in [0.4, 0.5) is 0 Å². The number of carbonyl (C=O) groups excluding carboxylic acids is 1. The minimum atomic E-state index is -0.182. The standard InChI is InChI=1S/C9H13N3O2/c1-14-9(13)7-11-4-5-12-8(6-11)2-3-10-12/h2-3H,4-7H2,1H3. The number of carbonyl (C=O) groups is 1. The van der Waals surface area contributed by atoms with Crippen LogP contribution in [-0.4, -0.2) is 40.8 Å². The van der Waals surface area contributed by atoms with Gasteiger partial charge in [-0.3, -0.25) is 14.4 Å². The predicted octanol–water partition coefficient (Wildman–Crippen LogP) is -0.128. The molecule has 1 aliphatic rings. The highest BCUT2D eigenvalue weighted by atomic mass is 16.5. The molecule has 2 heterocycles. The number of methoxy groups -OCH3 is 1. The molecule has 0 N–H and O–H groups in total. The second kappa shape index (κ2) is 3.79. The molecule has 0 fully saturated rings. The molecular formula is C9H13N3O2. The Bertz CT molecular complexity index is 335. The second-order valence-electron chi connectivity index (χ2n) is 3.33. The van der Waals surface area contributed by atoms with E-state index >= 15 is 0 Å². The summed E-state index contributed by atoms with van der Waals surface area (Å²) in [4.78, 5) is 13.1. The summed E-state index contributed by atoms with van der Waals surface area (Å²) in [6.07, 6.45) is 1.79. The van der Waals surface area contributed by atoms with Gasteiger partial charge in [0.15, 0.2) is 0 Å². The number of ether oxygens (including phenoxy) is 1. The van der Waals surface area contributed by atoms with Crippen molar-refractivity contribution in [3.63, 3.8) is 0 Å². The van der Waals surface area contributed by atoms with Crippen LogP contribution in [0.3, 0.4) is 0 Å². The number of aromatic nitrogens is 2. The van der Waals surface area contributed by atoms with E-state index in [9.17, 15) is 4.79 Å². The van der Waals surface area contributed by atoms with Crippen molar-refractivity contribution >= 4 is 5.97 Å². The predicted molar refractivity (Wildman–Crippen MR) is 49.5 cm³/mol. The van der Waals surface area contributed by atoms with Crippen LogP contribution < -0.4 is 0 Å². The molecule has 0 saturated heterocycles. The lowest BCUT2D eigenvalue weighted by atomic mass is 10.3. The SMILES string of the molecule is COC(=O)CN1CCn2nccc2C1. The number of fused-ring (bicyclic) bond motifs is 1. The molecule has 5 heteroatoms. The molecule has 14 heavy (non-hydrogen) atoms. The van der Waals surface area contributed by atoms with Gasteiger partial charge in [0.05, 0.1) is 25.9 Å². The fourth-order valence-electron chi connectivity index (χ4n) is 1.62. The van der Waals surface area contributed by atoms with Gasteiger partial charge in [0.25, 0.3) is 0 Å². The van der Waals surface area contributed by atoms with Gasteiger partial charge < -0.3 is 4.74 Å². The quantitative estimate of drug-likeness (QED) is 0.617. The molecule has 0 aliphatic carbocycles. The maximum Gasteiger partial charge on any atom is 0.319 e. The van der Waals surface area contributed by atoms with Crippen molar-refractivity contribution in [3.8, 4) is 0 Å². The zero-order valence-electron chi connectivity index (χ0n) is 8.14. The lowest BCUT2D eigenvalue weighted by Gasteiger charge is -2.26. The number of hydrogen-bond acceptors (Lipinski definition) is 4. The van der Waals surface area contributed by atoms with Gasteiger partial charge in [0, 0.05) is 19.3 Å². The van der Waals surface area contributed by atoms with E-state index < -0.39 is 0 Å². The van der Waals surface area contributed by atoms with Crippen molar-refractivity contribution in [1.82, 2.24) is 14.7 Å². The average Bonchev–Trinajstić information content (AvgIpc) is 2.64. The maximum atomic E-state index is 11.0. The van der Waals surface area contributed by atoms with E-state index in [2.05, 4.69) is 14.7 Å². The number of rotatable bonds is 2. The molecule has 1 aliphatic heterocycles. The van der Waals surface area contributed by atoms with Crippen LogP contribution in [0.15, 0.2) is 12.3 Å². The molecule has 0 bridgehead atoms. The Morgan fingerprint density at radius 1 is 1.64 bits per heavy atom. The largest absolute Gasteiger partial charge is 0.468 e. The van der Waals surface area contributed by atoms with Crippen LogP contribution in [0.5, 0.6) is 0 Å². The van der Waals surface area contributed by atoms with Gasteiger partial charge in [0.2, 0.25) is 0 Å². The number of hydrogen-bond donors (Lipinski definition) is 0. The van der Waals surface area contributed by atoms with E-state index in [-0.39, 0.29) is 5.97 Å². The molecular weight excluding hydrogens is 182 g/mol. The molecule has 5 nitrogen and oxygen atoms in total. The van der Waals surface area contributed by atoms with Gasteiger partial charge in [-0.2, -0.15) is 5.10 Å². The fraction of sp³-hybridized carbons (Fsp3) is 0.556. The molecule has 0 radical (unpaired) electrons. The molecule has 76 valence electrons. The van der Waals surface area contributed by atoms with Gasteiger partial charge in [-0.1, -0.05) is 0 Å². The first-order valence-electron chi connectivity index (χ1n) is 4.59. The van der Waals surface area contributed by atoms with E-state index in [1.165, 1.54) is 7.11 Å². The summed E-state index contributed by atoms with van der Waals surface area (Å²) >= 11 is 0. The normalized spacial score (nSPS) is 16.4. The summed E-state index contributed by atoms with van der Waals surface area (Å²) < 4.78 is 6.59. The minimum absolute atomic E-state index is 0.182. The summed E-state index contributed by atoms with van der Waals surface area (Å²) in [6, 6.07) is 1.98. The molecule has 0 aromatic carbocycles. The number of nitrogens with zero attached hydrogens (tertiary/aromatic N) is 3. The third-order valence-corrected chi connectivity index (χ3v) is 2.40. The zero-order chi connectivity index (χ0) is 9.97. The van der Waals surface area contributed by atoms with Crippen LogP contribution in [0.1, 0.15) is 5.69 Å². The van der Waals surface area contributed by atoms with Crippen LogP contribution >= 0.6 is 0 Å². The van der Waals surface area contributed by atoms with Crippen molar-refractivity contribution in [3.05, 3.63) is 18.0 Å². The van der Waals surface area contributed by atoms with E-state index in [1.807, 2.05) is 10.7 Å². The highest BCUT2D eigenvalue weighted by molar-refractivity contribution is 5.71.